The Morgan fingerprint density at radius 3 is 2.35 bits per heavy atom. The fraction of sp³-hybridized carbons (Fsp3) is 0.270. The first-order valence-electron chi connectivity index (χ1n) is 15.4. The number of methoxy groups -OCH3 is 1. The lowest BCUT2D eigenvalue weighted by Crippen LogP contribution is -2.16. The molecule has 0 aliphatic heterocycles. The zero-order valence-corrected chi connectivity index (χ0v) is 29.0. The summed E-state index contributed by atoms with van der Waals surface area (Å²) in [5.41, 5.74) is 8.04. The molecule has 0 spiro atoms. The van der Waals surface area contributed by atoms with Crippen molar-refractivity contribution in [3.8, 4) is 37.1 Å². The van der Waals surface area contributed by atoms with Crippen LogP contribution in [0.5, 0.6) is 5.75 Å². The average molecular weight is 667 g/mol. The second-order valence-electron chi connectivity index (χ2n) is 11.9. The number of aryl methyl sites for hydroxylation is 3. The molecule has 3 aromatic heterocycles. The summed E-state index contributed by atoms with van der Waals surface area (Å²) in [7, 11) is 3.76. The van der Waals surface area contributed by atoms with E-state index in [9.17, 15) is 0 Å². The van der Waals surface area contributed by atoms with E-state index in [2.05, 4.69) is 43.1 Å². The van der Waals surface area contributed by atoms with Gasteiger partial charge in [0.15, 0.2) is 5.13 Å². The largest absolute Gasteiger partial charge is 0.496 e. The highest BCUT2D eigenvalue weighted by molar-refractivity contribution is 7.19. The van der Waals surface area contributed by atoms with Crippen LogP contribution in [0.15, 0.2) is 66.7 Å². The molecule has 0 saturated heterocycles. The predicted molar refractivity (Wildman–Crippen MR) is 190 cm³/mol. The minimum absolute atomic E-state index is 0.227. The Kier molecular flexibility index (Phi) is 8.48. The fourth-order valence-corrected chi connectivity index (χ4v) is 9.15. The molecule has 46 heavy (non-hydrogen) atoms. The number of para-hydroxylation sites is 1. The molecule has 234 valence electrons. The van der Waals surface area contributed by atoms with Gasteiger partial charge in [0, 0.05) is 31.5 Å². The molecule has 0 amide bonds. The number of benzene rings is 3. The Morgan fingerprint density at radius 1 is 0.804 bits per heavy atom. The van der Waals surface area contributed by atoms with E-state index >= 15 is 4.39 Å². The number of nitrogens with zero attached hydrogens (tertiary/aromatic N) is 4. The average Bonchev–Trinajstić information content (AvgIpc) is 3.57. The van der Waals surface area contributed by atoms with Crippen molar-refractivity contribution in [2.24, 2.45) is 0 Å². The first kappa shape index (κ1) is 30.7. The third-order valence-corrected chi connectivity index (χ3v) is 12.2. The van der Waals surface area contributed by atoms with Gasteiger partial charge in [0.1, 0.15) is 11.6 Å². The lowest BCUT2D eigenvalue weighted by molar-refractivity contribution is 0.416. The van der Waals surface area contributed by atoms with Gasteiger partial charge in [0.25, 0.3) is 0 Å². The summed E-state index contributed by atoms with van der Waals surface area (Å²) in [5, 5.41) is 3.09. The van der Waals surface area contributed by atoms with Gasteiger partial charge >= 0.3 is 0 Å². The SMILES string of the molecule is COc1ccccc1-c1sc(Cc2cc(-c3sc(N(C)Cc4cccc(-c5sc(C6CC6)nc5C)c4)nc3C)ccc2F)nc1C. The lowest BCUT2D eigenvalue weighted by Gasteiger charge is -2.16. The van der Waals surface area contributed by atoms with Crippen molar-refractivity contribution in [3.63, 3.8) is 0 Å². The smallest absolute Gasteiger partial charge is 0.186 e. The van der Waals surface area contributed by atoms with Crippen LogP contribution in [0.1, 0.15) is 57.0 Å². The van der Waals surface area contributed by atoms with Crippen LogP contribution in [0.3, 0.4) is 0 Å². The van der Waals surface area contributed by atoms with Crippen molar-refractivity contribution < 1.29 is 9.13 Å². The lowest BCUT2D eigenvalue weighted by atomic mass is 10.1. The maximum Gasteiger partial charge on any atom is 0.186 e. The normalized spacial score (nSPS) is 12.9. The Morgan fingerprint density at radius 2 is 1.54 bits per heavy atom. The van der Waals surface area contributed by atoms with Crippen LogP contribution in [-0.2, 0) is 13.0 Å². The van der Waals surface area contributed by atoms with Crippen LogP contribution in [-0.4, -0.2) is 29.1 Å². The molecule has 7 rings (SSSR count). The van der Waals surface area contributed by atoms with Crippen molar-refractivity contribution in [2.75, 3.05) is 19.1 Å². The van der Waals surface area contributed by atoms with Crippen molar-refractivity contribution in [2.45, 2.75) is 52.5 Å². The van der Waals surface area contributed by atoms with Gasteiger partial charge in [0.05, 0.1) is 48.8 Å². The third-order valence-electron chi connectivity index (χ3n) is 8.30. The Hall–Kier alpha value is -3.92. The number of aromatic nitrogens is 3. The summed E-state index contributed by atoms with van der Waals surface area (Å²) in [6.07, 6.45) is 2.95. The van der Waals surface area contributed by atoms with Gasteiger partial charge in [-0.2, -0.15) is 0 Å². The van der Waals surface area contributed by atoms with E-state index in [0.717, 1.165) is 60.4 Å². The standard InChI is InChI=1S/C37H35FN4OS3/c1-21-33(45-36(40-21)25-13-14-25)26-10-8-9-24(17-26)20-42(4)37-41-22(2)34(46-37)27-15-16-30(38)28(18-27)19-32-39-23(3)35(44-32)29-11-6-7-12-31(29)43-5/h6-12,15-18,25H,13-14,19-20H2,1-5H3. The minimum Gasteiger partial charge on any atom is -0.496 e. The quantitative estimate of drug-likeness (QED) is 0.146. The van der Waals surface area contributed by atoms with Gasteiger partial charge in [-0.3, -0.25) is 0 Å². The number of hydrogen-bond acceptors (Lipinski definition) is 8. The van der Waals surface area contributed by atoms with Gasteiger partial charge in [0.2, 0.25) is 0 Å². The van der Waals surface area contributed by atoms with Crippen LogP contribution in [0.25, 0.3) is 31.3 Å². The molecular weight excluding hydrogens is 632 g/mol. The summed E-state index contributed by atoms with van der Waals surface area (Å²) in [4.78, 5) is 20.2. The number of halogens is 1. The van der Waals surface area contributed by atoms with Crippen molar-refractivity contribution in [1.82, 2.24) is 15.0 Å². The van der Waals surface area contributed by atoms with E-state index in [0.29, 0.717) is 17.9 Å². The van der Waals surface area contributed by atoms with Crippen LogP contribution in [0.2, 0.25) is 0 Å². The molecule has 9 heteroatoms. The second kappa shape index (κ2) is 12.7. The Balaban J connectivity index is 1.10. The molecule has 6 aromatic rings. The molecule has 3 heterocycles. The molecule has 0 atom stereocenters. The molecule has 3 aromatic carbocycles. The molecule has 0 N–H and O–H groups in total. The molecule has 1 aliphatic carbocycles. The summed E-state index contributed by atoms with van der Waals surface area (Å²) in [6, 6.07) is 22.1. The van der Waals surface area contributed by atoms with Gasteiger partial charge in [-0.25, -0.2) is 19.3 Å². The molecular formula is C37H35FN4OS3. The van der Waals surface area contributed by atoms with Crippen LogP contribution < -0.4 is 9.64 Å². The zero-order valence-electron chi connectivity index (χ0n) is 26.6. The third kappa shape index (κ3) is 6.24. The van der Waals surface area contributed by atoms with Crippen LogP contribution in [0.4, 0.5) is 9.52 Å². The number of hydrogen-bond donors (Lipinski definition) is 0. The summed E-state index contributed by atoms with van der Waals surface area (Å²) >= 11 is 5.08. The number of rotatable bonds is 10. The molecule has 1 fully saturated rings. The fourth-order valence-electron chi connectivity index (χ4n) is 5.78. The zero-order chi connectivity index (χ0) is 31.9. The molecule has 0 radical (unpaired) electrons. The highest BCUT2D eigenvalue weighted by Crippen LogP contribution is 2.45. The highest BCUT2D eigenvalue weighted by atomic mass is 32.1. The number of thiazole rings is 3. The van der Waals surface area contributed by atoms with Crippen LogP contribution in [0, 0.1) is 26.6 Å². The van der Waals surface area contributed by atoms with Gasteiger partial charge in [-0.15, -0.1) is 22.7 Å². The van der Waals surface area contributed by atoms with E-state index in [1.54, 1.807) is 35.8 Å². The topological polar surface area (TPSA) is 51.1 Å². The van der Waals surface area contributed by atoms with E-state index in [4.69, 9.17) is 19.7 Å². The molecule has 0 bridgehead atoms. The van der Waals surface area contributed by atoms with E-state index in [1.807, 2.05) is 61.6 Å². The second-order valence-corrected chi connectivity index (χ2v) is 15.0. The molecule has 1 aliphatic rings. The minimum atomic E-state index is -0.227. The monoisotopic (exact) mass is 666 g/mol. The van der Waals surface area contributed by atoms with Gasteiger partial charge in [-0.1, -0.05) is 47.7 Å². The first-order chi connectivity index (χ1) is 22.3. The van der Waals surface area contributed by atoms with E-state index in [1.165, 1.54) is 33.9 Å². The summed E-state index contributed by atoms with van der Waals surface area (Å²) in [5.74, 6) is 1.25. The Labute approximate surface area is 281 Å². The van der Waals surface area contributed by atoms with Gasteiger partial charge < -0.3 is 9.64 Å². The van der Waals surface area contributed by atoms with E-state index in [-0.39, 0.29) is 5.82 Å². The maximum atomic E-state index is 15.2. The summed E-state index contributed by atoms with van der Waals surface area (Å²) in [6.45, 7) is 6.88. The maximum absolute atomic E-state index is 15.2. The predicted octanol–water partition coefficient (Wildman–Crippen LogP) is 10.2. The molecule has 0 unspecified atom stereocenters. The van der Waals surface area contributed by atoms with Crippen LogP contribution >= 0.6 is 34.0 Å². The van der Waals surface area contributed by atoms with Crippen molar-refractivity contribution in [1.29, 1.82) is 0 Å². The molecule has 5 nitrogen and oxygen atoms in total. The first-order valence-corrected chi connectivity index (χ1v) is 17.9. The number of anilines is 1. The van der Waals surface area contributed by atoms with Crippen molar-refractivity contribution in [3.05, 3.63) is 111 Å². The molecule has 1 saturated carbocycles. The highest BCUT2D eigenvalue weighted by Gasteiger charge is 2.28. The van der Waals surface area contributed by atoms with Gasteiger partial charge in [-0.05, 0) is 86.2 Å². The number of ether oxygens (including phenoxy) is 1. The summed E-state index contributed by atoms with van der Waals surface area (Å²) < 4.78 is 20.7. The Bertz CT molecular complexity index is 2040. The van der Waals surface area contributed by atoms with Crippen molar-refractivity contribution >= 4 is 39.1 Å². The van der Waals surface area contributed by atoms with E-state index < -0.39 is 0 Å².